The summed E-state index contributed by atoms with van der Waals surface area (Å²) in [6, 6.07) is 0. The number of ketones is 1. The molecule has 0 saturated heterocycles. The Kier molecular flexibility index (Phi) is 3.79. The van der Waals surface area contributed by atoms with Gasteiger partial charge in [-0.2, -0.15) is 0 Å². The zero-order valence-corrected chi connectivity index (χ0v) is 7.13. The second-order valence-electron chi connectivity index (χ2n) is 2.97. The summed E-state index contributed by atoms with van der Waals surface area (Å²) in [5.41, 5.74) is 0. The molecule has 3 heteroatoms. The molecule has 64 valence electrons. The van der Waals surface area contributed by atoms with E-state index in [1.165, 1.54) is 6.92 Å². The van der Waals surface area contributed by atoms with Gasteiger partial charge in [0.15, 0.2) is 0 Å². The Morgan fingerprint density at radius 1 is 1.36 bits per heavy atom. The lowest BCUT2D eigenvalue weighted by molar-refractivity contribution is -0.138. The van der Waals surface area contributed by atoms with Crippen LogP contribution in [0.1, 0.15) is 27.2 Å². The van der Waals surface area contributed by atoms with Crippen LogP contribution in [0.15, 0.2) is 0 Å². The lowest BCUT2D eigenvalue weighted by Gasteiger charge is -2.13. The number of hydrogen-bond acceptors (Lipinski definition) is 2. The monoisotopic (exact) mass is 158 g/mol. The lowest BCUT2D eigenvalue weighted by atomic mass is 9.90. The quantitative estimate of drug-likeness (QED) is 0.671. The van der Waals surface area contributed by atoms with Crippen molar-refractivity contribution >= 4 is 11.8 Å². The summed E-state index contributed by atoms with van der Waals surface area (Å²) in [6.45, 7) is 5.03. The van der Waals surface area contributed by atoms with E-state index in [0.717, 1.165) is 0 Å². The van der Waals surface area contributed by atoms with Crippen LogP contribution in [0.3, 0.4) is 0 Å². The van der Waals surface area contributed by atoms with Crippen LogP contribution in [-0.4, -0.2) is 16.9 Å². The second-order valence-corrected chi connectivity index (χ2v) is 2.97. The fraction of sp³-hybridized carbons (Fsp3) is 0.750. The first kappa shape index (κ1) is 10.1. The third-order valence-electron chi connectivity index (χ3n) is 1.99. The van der Waals surface area contributed by atoms with Gasteiger partial charge < -0.3 is 5.11 Å². The summed E-state index contributed by atoms with van der Waals surface area (Å²) in [5, 5.41) is 8.40. The minimum atomic E-state index is -0.842. The molecule has 0 spiro atoms. The fourth-order valence-electron chi connectivity index (χ4n) is 0.853. The molecule has 0 aromatic heterocycles. The molecule has 0 aromatic carbocycles. The average Bonchev–Trinajstić information content (AvgIpc) is 1.84. The Labute approximate surface area is 66.4 Å². The van der Waals surface area contributed by atoms with Crippen LogP contribution in [0, 0.1) is 11.8 Å². The topological polar surface area (TPSA) is 54.4 Å². The van der Waals surface area contributed by atoms with Gasteiger partial charge in [-0.3, -0.25) is 9.59 Å². The molecule has 3 nitrogen and oxygen atoms in total. The van der Waals surface area contributed by atoms with E-state index in [1.807, 2.05) is 0 Å². The molecular weight excluding hydrogens is 144 g/mol. The SMILES string of the molecule is CC(=O)[C@H](C)[C@H](C)CC(=O)O. The van der Waals surface area contributed by atoms with Gasteiger partial charge in [0, 0.05) is 12.3 Å². The molecule has 0 rings (SSSR count). The van der Waals surface area contributed by atoms with Crippen LogP contribution in [0.5, 0.6) is 0 Å². The molecule has 0 amide bonds. The molecule has 0 aliphatic heterocycles. The van der Waals surface area contributed by atoms with Gasteiger partial charge in [-0.15, -0.1) is 0 Å². The molecule has 0 radical (unpaired) electrons. The Hall–Kier alpha value is -0.860. The number of carboxylic acid groups (broad SMARTS) is 1. The van der Waals surface area contributed by atoms with E-state index in [2.05, 4.69) is 0 Å². The van der Waals surface area contributed by atoms with Gasteiger partial charge in [0.1, 0.15) is 5.78 Å². The van der Waals surface area contributed by atoms with E-state index in [4.69, 9.17) is 5.11 Å². The van der Waals surface area contributed by atoms with Crippen molar-refractivity contribution in [1.29, 1.82) is 0 Å². The third-order valence-corrected chi connectivity index (χ3v) is 1.99. The van der Waals surface area contributed by atoms with Crippen molar-refractivity contribution in [1.82, 2.24) is 0 Å². The molecule has 0 aromatic rings. The van der Waals surface area contributed by atoms with Crippen LogP contribution >= 0.6 is 0 Å². The Morgan fingerprint density at radius 3 is 2.09 bits per heavy atom. The van der Waals surface area contributed by atoms with Gasteiger partial charge in [-0.25, -0.2) is 0 Å². The van der Waals surface area contributed by atoms with Crippen molar-refractivity contribution in [2.45, 2.75) is 27.2 Å². The predicted molar refractivity (Wildman–Crippen MR) is 41.3 cm³/mol. The van der Waals surface area contributed by atoms with Gasteiger partial charge in [0.25, 0.3) is 0 Å². The standard InChI is InChI=1S/C8H14O3/c1-5(4-8(10)11)6(2)7(3)9/h5-6H,4H2,1-3H3,(H,10,11)/t5-,6-/m1/s1. The molecular formula is C8H14O3. The van der Waals surface area contributed by atoms with Crippen molar-refractivity contribution in [2.75, 3.05) is 0 Å². The van der Waals surface area contributed by atoms with Crippen molar-refractivity contribution in [3.05, 3.63) is 0 Å². The zero-order chi connectivity index (χ0) is 9.02. The lowest BCUT2D eigenvalue weighted by Crippen LogP contribution is -2.18. The number of carboxylic acids is 1. The number of Topliss-reactive ketones (excluding diaryl/α,β-unsaturated/α-hetero) is 1. The van der Waals surface area contributed by atoms with Gasteiger partial charge in [-0.05, 0) is 12.8 Å². The van der Waals surface area contributed by atoms with Crippen LogP contribution in [0.4, 0.5) is 0 Å². The highest BCUT2D eigenvalue weighted by atomic mass is 16.4. The molecule has 0 fully saturated rings. The van der Waals surface area contributed by atoms with E-state index in [9.17, 15) is 9.59 Å². The zero-order valence-electron chi connectivity index (χ0n) is 7.13. The summed E-state index contributed by atoms with van der Waals surface area (Å²) < 4.78 is 0. The maximum absolute atomic E-state index is 10.8. The van der Waals surface area contributed by atoms with Gasteiger partial charge in [0.05, 0.1) is 0 Å². The highest BCUT2D eigenvalue weighted by Gasteiger charge is 2.18. The number of carbonyl (C=O) groups excluding carboxylic acids is 1. The van der Waals surface area contributed by atoms with Crippen LogP contribution in [0.2, 0.25) is 0 Å². The summed E-state index contributed by atoms with van der Waals surface area (Å²) in [5.74, 6) is -1.000. The highest BCUT2D eigenvalue weighted by molar-refractivity contribution is 5.79. The largest absolute Gasteiger partial charge is 0.481 e. The smallest absolute Gasteiger partial charge is 0.303 e. The Balaban J connectivity index is 3.92. The van der Waals surface area contributed by atoms with Gasteiger partial charge >= 0.3 is 5.97 Å². The number of rotatable bonds is 4. The number of carbonyl (C=O) groups is 2. The Bertz CT molecular complexity index is 163. The highest BCUT2D eigenvalue weighted by Crippen LogP contribution is 2.15. The summed E-state index contributed by atoms with van der Waals surface area (Å²) in [7, 11) is 0. The Morgan fingerprint density at radius 2 is 1.82 bits per heavy atom. The number of hydrogen-bond donors (Lipinski definition) is 1. The van der Waals surface area contributed by atoms with E-state index in [-0.39, 0.29) is 24.0 Å². The molecule has 1 N–H and O–H groups in total. The van der Waals surface area contributed by atoms with Crippen molar-refractivity contribution < 1.29 is 14.7 Å². The average molecular weight is 158 g/mol. The summed E-state index contributed by atoms with van der Waals surface area (Å²) in [4.78, 5) is 21.0. The van der Waals surface area contributed by atoms with Gasteiger partial charge in [0.2, 0.25) is 0 Å². The predicted octanol–water partition coefficient (Wildman–Crippen LogP) is 1.32. The first-order chi connectivity index (χ1) is 4.95. The molecule has 0 bridgehead atoms. The summed E-state index contributed by atoms with van der Waals surface area (Å²) >= 11 is 0. The molecule has 0 aliphatic carbocycles. The minimum absolute atomic E-state index is 0.0544. The van der Waals surface area contributed by atoms with E-state index >= 15 is 0 Å². The second kappa shape index (κ2) is 4.11. The third kappa shape index (κ3) is 3.75. The number of aliphatic carboxylic acids is 1. The fourth-order valence-corrected chi connectivity index (χ4v) is 0.853. The van der Waals surface area contributed by atoms with Crippen LogP contribution in [-0.2, 0) is 9.59 Å². The van der Waals surface area contributed by atoms with Crippen molar-refractivity contribution in [3.8, 4) is 0 Å². The first-order valence-corrected chi connectivity index (χ1v) is 3.67. The molecule has 0 saturated carbocycles. The van der Waals surface area contributed by atoms with Crippen LogP contribution < -0.4 is 0 Å². The normalized spacial score (nSPS) is 15.5. The summed E-state index contributed by atoms with van der Waals surface area (Å²) in [6.07, 6.45) is 0.0702. The molecule has 0 unspecified atom stereocenters. The molecule has 0 heterocycles. The first-order valence-electron chi connectivity index (χ1n) is 3.67. The van der Waals surface area contributed by atoms with E-state index < -0.39 is 5.97 Å². The maximum Gasteiger partial charge on any atom is 0.303 e. The van der Waals surface area contributed by atoms with E-state index in [1.54, 1.807) is 13.8 Å². The van der Waals surface area contributed by atoms with E-state index in [0.29, 0.717) is 0 Å². The minimum Gasteiger partial charge on any atom is -0.481 e. The van der Waals surface area contributed by atoms with Crippen molar-refractivity contribution in [3.63, 3.8) is 0 Å². The molecule has 0 aliphatic rings. The molecule has 11 heavy (non-hydrogen) atoms. The molecule has 2 atom stereocenters. The maximum atomic E-state index is 10.8. The van der Waals surface area contributed by atoms with Crippen LogP contribution in [0.25, 0.3) is 0 Å². The van der Waals surface area contributed by atoms with Crippen molar-refractivity contribution in [2.24, 2.45) is 11.8 Å². The van der Waals surface area contributed by atoms with Gasteiger partial charge in [-0.1, -0.05) is 13.8 Å².